The van der Waals surface area contributed by atoms with E-state index >= 15 is 0 Å². The van der Waals surface area contributed by atoms with Crippen LogP contribution in [-0.2, 0) is 4.79 Å². The molecule has 5 heteroatoms. The van der Waals surface area contributed by atoms with E-state index in [1.54, 1.807) is 6.07 Å². The Morgan fingerprint density at radius 1 is 1.08 bits per heavy atom. The second-order valence-corrected chi connectivity index (χ2v) is 7.84. The fourth-order valence-electron chi connectivity index (χ4n) is 3.19. The molecule has 0 saturated heterocycles. The molecule has 0 aliphatic heterocycles. The number of nitrogens with one attached hydrogen (secondary N) is 1. The molecule has 25 heavy (non-hydrogen) atoms. The standard InChI is InChI=1S/C20H29FN2O2/c1-20(2,3)23(19(25)16-12-9-13-17(21)14-16)22-18(24)15-10-7-5-4-6-8-11-15/h9,12-15H,4-8,10-11H2,1-3H3,(H,22,24). The minimum atomic E-state index is -0.610. The second kappa shape index (κ2) is 8.45. The summed E-state index contributed by atoms with van der Waals surface area (Å²) >= 11 is 0. The highest BCUT2D eigenvalue weighted by Gasteiger charge is 2.31. The Morgan fingerprint density at radius 2 is 1.68 bits per heavy atom. The van der Waals surface area contributed by atoms with Gasteiger partial charge in [0, 0.05) is 11.5 Å². The van der Waals surface area contributed by atoms with Crippen molar-refractivity contribution in [3.05, 3.63) is 35.6 Å². The van der Waals surface area contributed by atoms with Crippen LogP contribution < -0.4 is 5.43 Å². The van der Waals surface area contributed by atoms with Crippen LogP contribution in [0.5, 0.6) is 0 Å². The molecule has 0 heterocycles. The minimum Gasteiger partial charge on any atom is -0.273 e. The Bertz CT molecular complexity index is 602. The van der Waals surface area contributed by atoms with Crippen molar-refractivity contribution in [2.75, 3.05) is 0 Å². The first-order valence-corrected chi connectivity index (χ1v) is 9.19. The van der Waals surface area contributed by atoms with Gasteiger partial charge in [0.15, 0.2) is 0 Å². The van der Waals surface area contributed by atoms with E-state index in [1.807, 2.05) is 20.8 Å². The van der Waals surface area contributed by atoms with E-state index in [0.717, 1.165) is 38.5 Å². The molecule has 1 aliphatic carbocycles. The van der Waals surface area contributed by atoms with Crippen molar-refractivity contribution in [2.45, 2.75) is 71.3 Å². The van der Waals surface area contributed by atoms with Gasteiger partial charge < -0.3 is 0 Å². The Hall–Kier alpha value is -1.91. The van der Waals surface area contributed by atoms with Gasteiger partial charge in [-0.3, -0.25) is 15.0 Å². The van der Waals surface area contributed by atoms with E-state index in [9.17, 15) is 14.0 Å². The third-order valence-corrected chi connectivity index (χ3v) is 4.64. The predicted octanol–water partition coefficient (Wildman–Crippen LogP) is 4.46. The molecule has 0 bridgehead atoms. The van der Waals surface area contributed by atoms with Gasteiger partial charge in [0.1, 0.15) is 5.82 Å². The quantitative estimate of drug-likeness (QED) is 0.802. The van der Waals surface area contributed by atoms with Crippen molar-refractivity contribution in [2.24, 2.45) is 5.92 Å². The third-order valence-electron chi connectivity index (χ3n) is 4.64. The SMILES string of the molecule is CC(C)(C)N(NC(=O)C1CCCCCCC1)C(=O)c1cccc(F)c1. The van der Waals surface area contributed by atoms with Gasteiger partial charge in [-0.15, -0.1) is 0 Å². The third kappa shape index (κ3) is 5.55. The van der Waals surface area contributed by atoms with E-state index in [-0.39, 0.29) is 17.4 Å². The second-order valence-electron chi connectivity index (χ2n) is 7.84. The Balaban J connectivity index is 2.14. The highest BCUT2D eigenvalue weighted by Crippen LogP contribution is 2.23. The number of nitrogens with zero attached hydrogens (tertiary/aromatic N) is 1. The maximum Gasteiger partial charge on any atom is 0.272 e. The summed E-state index contributed by atoms with van der Waals surface area (Å²) in [6.45, 7) is 5.55. The first-order chi connectivity index (χ1) is 11.8. The number of amides is 2. The lowest BCUT2D eigenvalue weighted by Crippen LogP contribution is -2.57. The van der Waals surface area contributed by atoms with E-state index in [0.29, 0.717) is 0 Å². The summed E-state index contributed by atoms with van der Waals surface area (Å²) in [4.78, 5) is 25.6. The van der Waals surface area contributed by atoms with E-state index in [1.165, 1.54) is 29.6 Å². The van der Waals surface area contributed by atoms with Crippen LogP contribution in [0.2, 0.25) is 0 Å². The summed E-state index contributed by atoms with van der Waals surface area (Å²) in [5.74, 6) is -1.04. The van der Waals surface area contributed by atoms with Gasteiger partial charge in [-0.2, -0.15) is 0 Å². The van der Waals surface area contributed by atoms with Gasteiger partial charge in [0.2, 0.25) is 5.91 Å². The fraction of sp³-hybridized carbons (Fsp3) is 0.600. The Kier molecular flexibility index (Phi) is 6.57. The molecule has 2 amide bonds. The van der Waals surface area contributed by atoms with Gasteiger partial charge >= 0.3 is 0 Å². The first kappa shape index (κ1) is 19.4. The van der Waals surface area contributed by atoms with Gasteiger partial charge in [0.05, 0.1) is 5.54 Å². The van der Waals surface area contributed by atoms with Crippen molar-refractivity contribution >= 4 is 11.8 Å². The number of hydrazine groups is 1. The number of halogens is 1. The molecule has 1 N–H and O–H groups in total. The smallest absolute Gasteiger partial charge is 0.272 e. The molecule has 0 aromatic heterocycles. The van der Waals surface area contributed by atoms with E-state index < -0.39 is 17.3 Å². The van der Waals surface area contributed by atoms with Gasteiger partial charge in [-0.1, -0.05) is 38.2 Å². The van der Waals surface area contributed by atoms with Gasteiger partial charge in [-0.25, -0.2) is 9.40 Å². The molecule has 1 saturated carbocycles. The normalized spacial score (nSPS) is 16.6. The van der Waals surface area contributed by atoms with Crippen LogP contribution in [0.1, 0.15) is 76.1 Å². The molecule has 0 unspecified atom stereocenters. The topological polar surface area (TPSA) is 49.4 Å². The lowest BCUT2D eigenvalue weighted by atomic mass is 9.90. The molecule has 1 aromatic carbocycles. The lowest BCUT2D eigenvalue weighted by Gasteiger charge is -2.36. The number of carbonyl (C=O) groups is 2. The van der Waals surface area contributed by atoms with Gasteiger partial charge in [0.25, 0.3) is 5.91 Å². The van der Waals surface area contributed by atoms with E-state index in [4.69, 9.17) is 0 Å². The van der Waals surface area contributed by atoms with Crippen LogP contribution in [-0.4, -0.2) is 22.4 Å². The number of hydrogen-bond acceptors (Lipinski definition) is 2. The highest BCUT2D eigenvalue weighted by molar-refractivity contribution is 5.96. The Morgan fingerprint density at radius 3 is 2.24 bits per heavy atom. The predicted molar refractivity (Wildman–Crippen MR) is 96.3 cm³/mol. The number of hydrogen-bond donors (Lipinski definition) is 1. The summed E-state index contributed by atoms with van der Waals surface area (Å²) in [5, 5.41) is 1.34. The van der Waals surface area contributed by atoms with Crippen LogP contribution in [0.4, 0.5) is 4.39 Å². The zero-order valence-corrected chi connectivity index (χ0v) is 15.5. The lowest BCUT2D eigenvalue weighted by molar-refractivity contribution is -0.131. The molecule has 0 radical (unpaired) electrons. The maximum absolute atomic E-state index is 13.5. The molecule has 2 rings (SSSR count). The number of benzene rings is 1. The highest BCUT2D eigenvalue weighted by atomic mass is 19.1. The molecule has 1 aromatic rings. The summed E-state index contributed by atoms with van der Waals surface area (Å²) in [6.07, 6.45) is 7.37. The molecule has 1 aliphatic rings. The fourth-order valence-corrected chi connectivity index (χ4v) is 3.19. The average Bonchev–Trinajstić information content (AvgIpc) is 2.50. The number of rotatable bonds is 2. The molecular formula is C20H29FN2O2. The zero-order valence-electron chi connectivity index (χ0n) is 15.5. The average molecular weight is 348 g/mol. The molecule has 1 fully saturated rings. The van der Waals surface area contributed by atoms with Crippen LogP contribution in [0, 0.1) is 11.7 Å². The number of carbonyl (C=O) groups excluding carboxylic acids is 2. The van der Waals surface area contributed by atoms with Crippen LogP contribution in [0.25, 0.3) is 0 Å². The summed E-state index contributed by atoms with van der Waals surface area (Å²) in [6, 6.07) is 5.56. The first-order valence-electron chi connectivity index (χ1n) is 9.19. The van der Waals surface area contributed by atoms with Crippen molar-refractivity contribution in [1.29, 1.82) is 0 Å². The zero-order chi connectivity index (χ0) is 18.4. The van der Waals surface area contributed by atoms with Crippen molar-refractivity contribution in [1.82, 2.24) is 10.4 Å². The van der Waals surface area contributed by atoms with Crippen molar-refractivity contribution in [3.8, 4) is 0 Å². The van der Waals surface area contributed by atoms with Crippen LogP contribution in [0.15, 0.2) is 24.3 Å². The maximum atomic E-state index is 13.5. The van der Waals surface area contributed by atoms with Crippen molar-refractivity contribution < 1.29 is 14.0 Å². The van der Waals surface area contributed by atoms with Crippen molar-refractivity contribution in [3.63, 3.8) is 0 Å². The molecule has 0 atom stereocenters. The summed E-state index contributed by atoms with van der Waals surface area (Å²) < 4.78 is 13.5. The minimum absolute atomic E-state index is 0.0644. The van der Waals surface area contributed by atoms with Gasteiger partial charge in [-0.05, 0) is 51.8 Å². The summed E-state index contributed by atoms with van der Waals surface area (Å²) in [7, 11) is 0. The van der Waals surface area contributed by atoms with Crippen LogP contribution in [0.3, 0.4) is 0 Å². The molecule has 4 nitrogen and oxygen atoms in total. The van der Waals surface area contributed by atoms with E-state index in [2.05, 4.69) is 5.43 Å². The summed E-state index contributed by atoms with van der Waals surface area (Å²) in [5.41, 5.74) is 2.43. The Labute approximate surface area is 149 Å². The molecule has 138 valence electrons. The largest absolute Gasteiger partial charge is 0.273 e. The molecular weight excluding hydrogens is 319 g/mol. The monoisotopic (exact) mass is 348 g/mol. The molecule has 0 spiro atoms. The van der Waals surface area contributed by atoms with Crippen LogP contribution >= 0.6 is 0 Å².